The van der Waals surface area contributed by atoms with Crippen molar-refractivity contribution in [2.45, 2.75) is 51.7 Å². The van der Waals surface area contributed by atoms with Gasteiger partial charge in [-0.25, -0.2) is 0 Å². The predicted molar refractivity (Wildman–Crippen MR) is 70.8 cm³/mol. The molecule has 2 atom stereocenters. The van der Waals surface area contributed by atoms with E-state index in [0.717, 1.165) is 13.0 Å². The first-order valence-electron chi connectivity index (χ1n) is 5.98. The highest BCUT2D eigenvalue weighted by Crippen LogP contribution is 2.39. The van der Waals surface area contributed by atoms with E-state index >= 15 is 0 Å². The Hall–Kier alpha value is -0.380. The molecule has 2 nitrogen and oxygen atoms in total. The van der Waals surface area contributed by atoms with E-state index in [9.17, 15) is 0 Å². The Bertz CT molecular complexity index is 364. The van der Waals surface area contributed by atoms with Gasteiger partial charge in [-0.1, -0.05) is 0 Å². The highest BCUT2D eigenvalue weighted by molar-refractivity contribution is 7.12. The first kappa shape index (κ1) is 12.1. The molecule has 0 spiro atoms. The molecule has 1 saturated heterocycles. The largest absolute Gasteiger partial charge is 0.326 e. The smallest absolute Gasteiger partial charge is 0.0598 e. The van der Waals surface area contributed by atoms with Crippen molar-refractivity contribution >= 4 is 11.3 Å². The maximum absolute atomic E-state index is 6.27. The van der Waals surface area contributed by atoms with Crippen LogP contribution in [0.5, 0.6) is 0 Å². The van der Waals surface area contributed by atoms with Gasteiger partial charge in [-0.2, -0.15) is 0 Å². The van der Waals surface area contributed by atoms with Gasteiger partial charge in [0.15, 0.2) is 0 Å². The third-order valence-electron chi connectivity index (χ3n) is 3.36. The summed E-state index contributed by atoms with van der Waals surface area (Å²) in [4.78, 5) is 5.35. The van der Waals surface area contributed by atoms with Gasteiger partial charge in [0.25, 0.3) is 0 Å². The highest BCUT2D eigenvalue weighted by Gasteiger charge is 2.39. The Morgan fingerprint density at radius 1 is 1.38 bits per heavy atom. The normalized spacial score (nSPS) is 27.6. The molecule has 2 rings (SSSR count). The summed E-state index contributed by atoms with van der Waals surface area (Å²) < 4.78 is 0. The molecule has 1 fully saturated rings. The van der Waals surface area contributed by atoms with Crippen molar-refractivity contribution in [3.8, 4) is 0 Å². The van der Waals surface area contributed by atoms with Crippen LogP contribution in [0.25, 0.3) is 0 Å². The van der Waals surface area contributed by atoms with Crippen LogP contribution in [-0.2, 0) is 0 Å². The van der Waals surface area contributed by atoms with Gasteiger partial charge < -0.3 is 5.73 Å². The number of hydrogen-bond donors (Lipinski definition) is 1. The average molecular weight is 238 g/mol. The Labute approximate surface area is 102 Å². The third kappa shape index (κ3) is 2.17. The van der Waals surface area contributed by atoms with Crippen LogP contribution in [0.15, 0.2) is 12.1 Å². The first-order chi connectivity index (χ1) is 7.39. The second-order valence-corrected chi connectivity index (χ2v) is 7.03. The van der Waals surface area contributed by atoms with Crippen molar-refractivity contribution in [2.75, 3.05) is 6.54 Å². The second-order valence-electron chi connectivity index (χ2n) is 5.71. The molecule has 2 unspecified atom stereocenters. The number of rotatable bonds is 1. The molecule has 1 aromatic heterocycles. The minimum absolute atomic E-state index is 0.205. The molecule has 1 aliphatic heterocycles. The van der Waals surface area contributed by atoms with E-state index in [4.69, 9.17) is 5.73 Å². The van der Waals surface area contributed by atoms with Gasteiger partial charge in [0.05, 0.1) is 6.04 Å². The lowest BCUT2D eigenvalue weighted by atomic mass is 10.0. The van der Waals surface area contributed by atoms with E-state index in [1.54, 1.807) is 0 Å². The van der Waals surface area contributed by atoms with Crippen LogP contribution >= 0.6 is 11.3 Å². The Kier molecular flexibility index (Phi) is 3.12. The van der Waals surface area contributed by atoms with Crippen LogP contribution in [0, 0.1) is 6.92 Å². The maximum Gasteiger partial charge on any atom is 0.0598 e. The SMILES string of the molecule is Cc1ccc(C2C(N)CCN2C(C)(C)C)s1. The number of likely N-dealkylation sites (tertiary alicyclic amines) is 1. The van der Waals surface area contributed by atoms with Gasteiger partial charge in [-0.05, 0) is 46.2 Å². The van der Waals surface area contributed by atoms with Gasteiger partial charge in [-0.3, -0.25) is 4.90 Å². The second kappa shape index (κ2) is 4.13. The van der Waals surface area contributed by atoms with Gasteiger partial charge in [0.1, 0.15) is 0 Å². The molecule has 2 heterocycles. The zero-order chi connectivity index (χ0) is 11.9. The standard InChI is InChI=1S/C13H22N2S/c1-9-5-6-11(16-9)12-10(14)7-8-15(12)13(2,3)4/h5-6,10,12H,7-8,14H2,1-4H3. The maximum atomic E-state index is 6.27. The zero-order valence-corrected chi connectivity index (χ0v) is 11.5. The lowest BCUT2D eigenvalue weighted by molar-refractivity contribution is 0.119. The molecule has 0 amide bonds. The van der Waals surface area contributed by atoms with Crippen molar-refractivity contribution in [3.05, 3.63) is 21.9 Å². The Balaban J connectivity index is 2.29. The molecular formula is C13H22N2S. The molecule has 0 radical (unpaired) electrons. The first-order valence-corrected chi connectivity index (χ1v) is 6.80. The van der Waals surface area contributed by atoms with Crippen molar-refractivity contribution in [2.24, 2.45) is 5.73 Å². The fraction of sp³-hybridized carbons (Fsp3) is 0.692. The van der Waals surface area contributed by atoms with E-state index < -0.39 is 0 Å². The topological polar surface area (TPSA) is 29.3 Å². The lowest BCUT2D eigenvalue weighted by Crippen LogP contribution is -2.43. The summed E-state index contributed by atoms with van der Waals surface area (Å²) in [6.07, 6.45) is 1.11. The fourth-order valence-corrected chi connectivity index (χ4v) is 3.61. The fourth-order valence-electron chi connectivity index (χ4n) is 2.55. The summed E-state index contributed by atoms with van der Waals surface area (Å²) >= 11 is 1.89. The van der Waals surface area contributed by atoms with Crippen LogP contribution < -0.4 is 5.73 Å². The molecular weight excluding hydrogens is 216 g/mol. The molecule has 16 heavy (non-hydrogen) atoms. The average Bonchev–Trinajstić information content (AvgIpc) is 2.70. The Morgan fingerprint density at radius 2 is 2.06 bits per heavy atom. The van der Waals surface area contributed by atoms with Crippen LogP contribution in [0.4, 0.5) is 0 Å². The number of nitrogens with zero attached hydrogens (tertiary/aromatic N) is 1. The minimum Gasteiger partial charge on any atom is -0.326 e. The lowest BCUT2D eigenvalue weighted by Gasteiger charge is -2.37. The van der Waals surface area contributed by atoms with Crippen LogP contribution in [0.3, 0.4) is 0 Å². The van der Waals surface area contributed by atoms with Crippen molar-refractivity contribution in [1.29, 1.82) is 0 Å². The van der Waals surface area contributed by atoms with Crippen LogP contribution in [-0.4, -0.2) is 23.0 Å². The number of nitrogens with two attached hydrogens (primary N) is 1. The summed E-state index contributed by atoms with van der Waals surface area (Å²) in [6, 6.07) is 5.15. The van der Waals surface area contributed by atoms with Gasteiger partial charge in [0, 0.05) is 27.9 Å². The molecule has 1 aromatic rings. The van der Waals surface area contributed by atoms with Crippen molar-refractivity contribution < 1.29 is 0 Å². The molecule has 2 N–H and O–H groups in total. The van der Waals surface area contributed by atoms with Crippen molar-refractivity contribution in [3.63, 3.8) is 0 Å². The summed E-state index contributed by atoms with van der Waals surface area (Å²) in [6.45, 7) is 10.1. The van der Waals surface area contributed by atoms with E-state index in [2.05, 4.69) is 44.7 Å². The van der Waals surface area contributed by atoms with E-state index in [1.807, 2.05) is 11.3 Å². The van der Waals surface area contributed by atoms with E-state index in [1.165, 1.54) is 9.75 Å². The van der Waals surface area contributed by atoms with E-state index in [0.29, 0.717) is 6.04 Å². The van der Waals surface area contributed by atoms with Crippen LogP contribution in [0.2, 0.25) is 0 Å². The number of thiophene rings is 1. The highest BCUT2D eigenvalue weighted by atomic mass is 32.1. The van der Waals surface area contributed by atoms with E-state index in [-0.39, 0.29) is 11.6 Å². The summed E-state index contributed by atoms with van der Waals surface area (Å²) in [5.74, 6) is 0. The van der Waals surface area contributed by atoms with Gasteiger partial charge in [0.2, 0.25) is 0 Å². The molecule has 1 aliphatic rings. The summed E-state index contributed by atoms with van der Waals surface area (Å²) in [5.41, 5.74) is 6.48. The third-order valence-corrected chi connectivity index (χ3v) is 4.43. The predicted octanol–water partition coefficient (Wildman–Crippen LogP) is 2.93. The zero-order valence-electron chi connectivity index (χ0n) is 10.7. The van der Waals surface area contributed by atoms with Crippen molar-refractivity contribution in [1.82, 2.24) is 4.90 Å². The number of aryl methyl sites for hydroxylation is 1. The summed E-state index contributed by atoms with van der Waals surface area (Å²) in [7, 11) is 0. The molecule has 0 bridgehead atoms. The molecule has 0 aromatic carbocycles. The Morgan fingerprint density at radius 3 is 2.56 bits per heavy atom. The summed E-state index contributed by atoms with van der Waals surface area (Å²) in [5, 5.41) is 0. The van der Waals surface area contributed by atoms with Gasteiger partial charge in [-0.15, -0.1) is 11.3 Å². The minimum atomic E-state index is 0.205. The monoisotopic (exact) mass is 238 g/mol. The molecule has 3 heteroatoms. The number of hydrogen-bond acceptors (Lipinski definition) is 3. The van der Waals surface area contributed by atoms with Crippen LogP contribution in [0.1, 0.15) is 43.0 Å². The molecule has 0 aliphatic carbocycles. The van der Waals surface area contributed by atoms with Gasteiger partial charge >= 0.3 is 0 Å². The molecule has 90 valence electrons. The quantitative estimate of drug-likeness (QED) is 0.815. The molecule has 0 saturated carbocycles.